The molecule has 18 heavy (non-hydrogen) atoms. The van der Waals surface area contributed by atoms with E-state index < -0.39 is 0 Å². The van der Waals surface area contributed by atoms with Gasteiger partial charge in [0.15, 0.2) is 0 Å². The number of rotatable bonds is 8. The van der Waals surface area contributed by atoms with E-state index in [9.17, 15) is 0 Å². The lowest BCUT2D eigenvalue weighted by atomic mass is 10.1. The Bertz CT molecular complexity index is 336. The van der Waals surface area contributed by atoms with Crippen LogP contribution in [0.15, 0.2) is 24.3 Å². The Morgan fingerprint density at radius 3 is 2.67 bits per heavy atom. The fourth-order valence-corrected chi connectivity index (χ4v) is 1.81. The van der Waals surface area contributed by atoms with Crippen LogP contribution in [-0.4, -0.2) is 19.2 Å². The van der Waals surface area contributed by atoms with Crippen molar-refractivity contribution < 1.29 is 4.74 Å². The largest absolute Gasteiger partial charge is 0.489 e. The first-order valence-corrected chi connectivity index (χ1v) is 7.08. The molecule has 0 bridgehead atoms. The van der Waals surface area contributed by atoms with Gasteiger partial charge in [0.25, 0.3) is 0 Å². The highest BCUT2D eigenvalue weighted by Gasteiger charge is 2.04. The highest BCUT2D eigenvalue weighted by molar-refractivity contribution is 5.28. The first-order valence-electron chi connectivity index (χ1n) is 7.08. The number of hydrogen-bond acceptors (Lipinski definition) is 2. The maximum Gasteiger partial charge on any atom is 0.120 e. The Morgan fingerprint density at radius 2 is 2.00 bits per heavy atom. The third kappa shape index (κ3) is 6.06. The summed E-state index contributed by atoms with van der Waals surface area (Å²) in [4.78, 5) is 0. The van der Waals surface area contributed by atoms with Crippen molar-refractivity contribution in [3.63, 3.8) is 0 Å². The Kier molecular flexibility index (Phi) is 6.81. The van der Waals surface area contributed by atoms with Crippen molar-refractivity contribution in [3.05, 3.63) is 29.8 Å². The van der Waals surface area contributed by atoms with Gasteiger partial charge in [0.05, 0.1) is 0 Å². The van der Waals surface area contributed by atoms with E-state index in [0.717, 1.165) is 31.2 Å². The van der Waals surface area contributed by atoms with Crippen molar-refractivity contribution in [3.8, 4) is 5.75 Å². The van der Waals surface area contributed by atoms with Crippen LogP contribution in [0.3, 0.4) is 0 Å². The second-order valence-electron chi connectivity index (χ2n) is 5.32. The van der Waals surface area contributed by atoms with E-state index in [-0.39, 0.29) is 6.10 Å². The SMILES string of the molecule is CCc1cccc(OC(C)CNCCC(C)C)c1. The van der Waals surface area contributed by atoms with Gasteiger partial charge in [0.2, 0.25) is 0 Å². The number of benzene rings is 1. The van der Waals surface area contributed by atoms with Crippen LogP contribution in [0.4, 0.5) is 0 Å². The third-order valence-electron chi connectivity index (χ3n) is 2.97. The van der Waals surface area contributed by atoms with Gasteiger partial charge >= 0.3 is 0 Å². The van der Waals surface area contributed by atoms with Crippen LogP contribution >= 0.6 is 0 Å². The maximum atomic E-state index is 5.90. The monoisotopic (exact) mass is 249 g/mol. The lowest BCUT2D eigenvalue weighted by molar-refractivity contribution is 0.216. The highest BCUT2D eigenvalue weighted by atomic mass is 16.5. The van der Waals surface area contributed by atoms with Gasteiger partial charge in [-0.1, -0.05) is 32.9 Å². The molecule has 2 heteroatoms. The van der Waals surface area contributed by atoms with Gasteiger partial charge in [-0.2, -0.15) is 0 Å². The van der Waals surface area contributed by atoms with E-state index in [2.05, 4.69) is 51.2 Å². The van der Waals surface area contributed by atoms with Crippen LogP contribution in [0.1, 0.15) is 39.7 Å². The third-order valence-corrected chi connectivity index (χ3v) is 2.97. The summed E-state index contributed by atoms with van der Waals surface area (Å²) in [7, 11) is 0. The van der Waals surface area contributed by atoms with E-state index in [1.807, 2.05) is 6.07 Å². The predicted octanol–water partition coefficient (Wildman–Crippen LogP) is 3.65. The number of hydrogen-bond donors (Lipinski definition) is 1. The molecule has 102 valence electrons. The fraction of sp³-hybridized carbons (Fsp3) is 0.625. The molecule has 0 aliphatic heterocycles. The highest BCUT2D eigenvalue weighted by Crippen LogP contribution is 2.15. The van der Waals surface area contributed by atoms with Crippen LogP contribution in [0.2, 0.25) is 0 Å². The standard InChI is InChI=1S/C16H27NO/c1-5-15-7-6-8-16(11-15)18-14(4)12-17-10-9-13(2)3/h6-8,11,13-14,17H,5,9-10,12H2,1-4H3. The van der Waals surface area contributed by atoms with Crippen molar-refractivity contribution in [2.24, 2.45) is 5.92 Å². The molecule has 0 heterocycles. The van der Waals surface area contributed by atoms with Crippen LogP contribution in [0, 0.1) is 5.92 Å². The second-order valence-corrected chi connectivity index (χ2v) is 5.32. The summed E-state index contributed by atoms with van der Waals surface area (Å²) >= 11 is 0. The van der Waals surface area contributed by atoms with Crippen LogP contribution in [-0.2, 0) is 6.42 Å². The zero-order valence-electron chi connectivity index (χ0n) is 12.2. The van der Waals surface area contributed by atoms with Crippen molar-refractivity contribution in [2.45, 2.75) is 46.6 Å². The summed E-state index contributed by atoms with van der Waals surface area (Å²) < 4.78 is 5.90. The molecule has 0 saturated carbocycles. The molecule has 1 aromatic rings. The summed E-state index contributed by atoms with van der Waals surface area (Å²) in [5.74, 6) is 1.74. The Balaban J connectivity index is 2.28. The smallest absolute Gasteiger partial charge is 0.120 e. The minimum Gasteiger partial charge on any atom is -0.489 e. The average molecular weight is 249 g/mol. The zero-order valence-corrected chi connectivity index (χ0v) is 12.2. The van der Waals surface area contributed by atoms with E-state index >= 15 is 0 Å². The molecule has 0 aromatic heterocycles. The molecule has 1 atom stereocenters. The minimum absolute atomic E-state index is 0.212. The number of aryl methyl sites for hydroxylation is 1. The van der Waals surface area contributed by atoms with Gasteiger partial charge in [-0.3, -0.25) is 0 Å². The summed E-state index contributed by atoms with van der Waals surface area (Å²) in [5, 5.41) is 3.44. The van der Waals surface area contributed by atoms with Gasteiger partial charge < -0.3 is 10.1 Å². The Morgan fingerprint density at radius 1 is 1.22 bits per heavy atom. The molecular weight excluding hydrogens is 222 g/mol. The molecule has 0 spiro atoms. The number of nitrogens with one attached hydrogen (secondary N) is 1. The van der Waals surface area contributed by atoms with Crippen molar-refractivity contribution in [2.75, 3.05) is 13.1 Å². The van der Waals surface area contributed by atoms with Crippen LogP contribution in [0.25, 0.3) is 0 Å². The van der Waals surface area contributed by atoms with Gasteiger partial charge in [0.1, 0.15) is 11.9 Å². The Labute approximate surface area is 112 Å². The fourth-order valence-electron chi connectivity index (χ4n) is 1.81. The predicted molar refractivity (Wildman–Crippen MR) is 78.2 cm³/mol. The molecule has 0 fully saturated rings. The molecule has 1 aromatic carbocycles. The van der Waals surface area contributed by atoms with Crippen LogP contribution in [0.5, 0.6) is 5.75 Å². The molecule has 0 amide bonds. The molecule has 0 aliphatic carbocycles. The van der Waals surface area contributed by atoms with Gasteiger partial charge in [-0.05, 0) is 49.9 Å². The first kappa shape index (κ1) is 15.0. The normalized spacial score (nSPS) is 12.7. The molecule has 1 rings (SSSR count). The van der Waals surface area contributed by atoms with E-state index in [1.54, 1.807) is 0 Å². The molecule has 1 unspecified atom stereocenters. The Hall–Kier alpha value is -1.02. The summed E-state index contributed by atoms with van der Waals surface area (Å²) in [6, 6.07) is 8.36. The quantitative estimate of drug-likeness (QED) is 0.710. The summed E-state index contributed by atoms with van der Waals surface area (Å²) in [6.07, 6.45) is 2.49. The van der Waals surface area contributed by atoms with E-state index in [0.29, 0.717) is 0 Å². The average Bonchev–Trinajstić information content (AvgIpc) is 2.34. The molecule has 0 saturated heterocycles. The first-order chi connectivity index (χ1) is 8.61. The zero-order chi connectivity index (χ0) is 13.4. The lowest BCUT2D eigenvalue weighted by Crippen LogP contribution is -2.30. The van der Waals surface area contributed by atoms with E-state index in [4.69, 9.17) is 4.74 Å². The molecule has 0 radical (unpaired) electrons. The second kappa shape index (κ2) is 8.15. The summed E-state index contributed by atoms with van der Waals surface area (Å²) in [6.45, 7) is 10.7. The topological polar surface area (TPSA) is 21.3 Å². The molecular formula is C16H27NO. The molecule has 2 nitrogen and oxygen atoms in total. The van der Waals surface area contributed by atoms with Crippen molar-refractivity contribution in [1.29, 1.82) is 0 Å². The van der Waals surface area contributed by atoms with E-state index in [1.165, 1.54) is 12.0 Å². The van der Waals surface area contributed by atoms with Gasteiger partial charge in [-0.15, -0.1) is 0 Å². The van der Waals surface area contributed by atoms with Crippen molar-refractivity contribution in [1.82, 2.24) is 5.32 Å². The molecule has 1 N–H and O–H groups in total. The number of ether oxygens (including phenoxy) is 1. The maximum absolute atomic E-state index is 5.90. The lowest BCUT2D eigenvalue weighted by Gasteiger charge is -2.16. The van der Waals surface area contributed by atoms with Gasteiger partial charge in [0, 0.05) is 6.54 Å². The van der Waals surface area contributed by atoms with Gasteiger partial charge in [-0.25, -0.2) is 0 Å². The van der Waals surface area contributed by atoms with Crippen molar-refractivity contribution >= 4 is 0 Å². The minimum atomic E-state index is 0.212. The molecule has 0 aliphatic rings. The van der Waals surface area contributed by atoms with Crippen LogP contribution < -0.4 is 10.1 Å². The summed E-state index contributed by atoms with van der Waals surface area (Å²) in [5.41, 5.74) is 1.33.